The van der Waals surface area contributed by atoms with E-state index in [1.165, 1.54) is 7.11 Å². The van der Waals surface area contributed by atoms with Crippen molar-refractivity contribution in [2.45, 2.75) is 78.5 Å². The van der Waals surface area contributed by atoms with Crippen molar-refractivity contribution in [3.8, 4) is 0 Å². The number of piperidine rings is 1. The predicted molar refractivity (Wildman–Crippen MR) is 107 cm³/mol. The molecule has 1 fully saturated rings. The lowest BCUT2D eigenvalue weighted by Crippen LogP contribution is -2.64. The van der Waals surface area contributed by atoms with Crippen LogP contribution in [0.2, 0.25) is 0 Å². The average Bonchev–Trinajstić information content (AvgIpc) is 2.61. The number of carbonyl (C=O) groups excluding carboxylic acids is 4. The van der Waals surface area contributed by atoms with Crippen LogP contribution in [0.4, 0.5) is 4.79 Å². The van der Waals surface area contributed by atoms with Gasteiger partial charge in [-0.2, -0.15) is 0 Å². The molecule has 29 heavy (non-hydrogen) atoms. The fourth-order valence-electron chi connectivity index (χ4n) is 3.51. The summed E-state index contributed by atoms with van der Waals surface area (Å²) in [6.07, 6.45) is 1.49. The van der Waals surface area contributed by atoms with Crippen molar-refractivity contribution in [2.75, 3.05) is 20.2 Å². The molecule has 1 aliphatic rings. The Kier molecular flexibility index (Phi) is 8.47. The maximum atomic E-state index is 13.0. The Balaban J connectivity index is 2.98. The molecule has 2 N–H and O–H groups in total. The van der Waals surface area contributed by atoms with Gasteiger partial charge in [0.15, 0.2) is 0 Å². The first-order valence-electron chi connectivity index (χ1n) is 9.95. The maximum Gasteiger partial charge on any atom is 0.408 e. The zero-order valence-corrected chi connectivity index (χ0v) is 18.6. The third kappa shape index (κ3) is 7.21. The first kappa shape index (κ1) is 24.7. The van der Waals surface area contributed by atoms with E-state index in [2.05, 4.69) is 15.4 Å². The molecule has 0 saturated carbocycles. The molecule has 0 aliphatic carbocycles. The lowest BCUT2D eigenvalue weighted by atomic mass is 9.73. The monoisotopic (exact) mass is 413 g/mol. The molecule has 3 amide bonds. The number of amides is 3. The number of carbonyl (C=O) groups is 4. The van der Waals surface area contributed by atoms with E-state index in [0.717, 1.165) is 12.8 Å². The highest BCUT2D eigenvalue weighted by atomic mass is 16.6. The fourth-order valence-corrected chi connectivity index (χ4v) is 3.51. The summed E-state index contributed by atoms with van der Waals surface area (Å²) < 4.78 is 9.74. The second-order valence-corrected chi connectivity index (χ2v) is 8.94. The van der Waals surface area contributed by atoms with Crippen molar-refractivity contribution >= 4 is 23.9 Å². The largest absolute Gasteiger partial charge is 0.468 e. The Hall–Kier alpha value is -2.32. The van der Waals surface area contributed by atoms with Gasteiger partial charge in [-0.15, -0.1) is 0 Å². The molecule has 2 atom stereocenters. The Bertz CT molecular complexity index is 626. The Labute approximate surface area is 172 Å². The predicted octanol–water partition coefficient (Wildman–Crippen LogP) is 1.60. The summed E-state index contributed by atoms with van der Waals surface area (Å²) in [4.78, 5) is 50.8. The number of alkyl carbamates (subject to hydrolysis) is 1. The molecular weight excluding hydrogens is 378 g/mol. The SMILES string of the molecule is CC[C@@H]1CCC(C)(C)[C@@H](C(=O)NCC(=O)OC)N1C(=O)CNC(=O)OC(C)(C)C. The lowest BCUT2D eigenvalue weighted by molar-refractivity contribution is -0.153. The van der Waals surface area contributed by atoms with Crippen molar-refractivity contribution in [1.82, 2.24) is 15.5 Å². The highest BCUT2D eigenvalue weighted by molar-refractivity contribution is 5.92. The quantitative estimate of drug-likeness (QED) is 0.639. The summed E-state index contributed by atoms with van der Waals surface area (Å²) in [5.74, 6) is -1.35. The molecule has 1 rings (SSSR count). The van der Waals surface area contributed by atoms with Crippen molar-refractivity contribution in [2.24, 2.45) is 5.41 Å². The Morgan fingerprint density at radius 3 is 2.24 bits per heavy atom. The zero-order valence-electron chi connectivity index (χ0n) is 18.6. The number of likely N-dealkylation sites (tertiary alicyclic amines) is 1. The molecule has 0 spiro atoms. The number of esters is 1. The van der Waals surface area contributed by atoms with E-state index in [4.69, 9.17) is 4.74 Å². The average molecular weight is 414 g/mol. The third-order valence-electron chi connectivity index (χ3n) is 4.96. The van der Waals surface area contributed by atoms with Crippen LogP contribution in [0.15, 0.2) is 0 Å². The van der Waals surface area contributed by atoms with Crippen LogP contribution in [0.3, 0.4) is 0 Å². The molecule has 0 unspecified atom stereocenters. The van der Waals surface area contributed by atoms with Gasteiger partial charge in [0.05, 0.1) is 7.11 Å². The molecule has 166 valence electrons. The van der Waals surface area contributed by atoms with Gasteiger partial charge in [0.25, 0.3) is 0 Å². The van der Waals surface area contributed by atoms with Crippen LogP contribution in [0, 0.1) is 5.41 Å². The van der Waals surface area contributed by atoms with Gasteiger partial charge in [0.2, 0.25) is 11.8 Å². The fraction of sp³-hybridized carbons (Fsp3) is 0.800. The third-order valence-corrected chi connectivity index (χ3v) is 4.96. The maximum absolute atomic E-state index is 13.0. The molecule has 9 heteroatoms. The first-order valence-corrected chi connectivity index (χ1v) is 9.95. The Morgan fingerprint density at radius 2 is 1.72 bits per heavy atom. The number of methoxy groups -OCH3 is 1. The van der Waals surface area contributed by atoms with Gasteiger partial charge in [-0.3, -0.25) is 14.4 Å². The summed E-state index contributed by atoms with van der Waals surface area (Å²) in [6.45, 7) is 10.4. The van der Waals surface area contributed by atoms with Crippen LogP contribution < -0.4 is 10.6 Å². The summed E-state index contributed by atoms with van der Waals surface area (Å²) in [5, 5.41) is 5.03. The second-order valence-electron chi connectivity index (χ2n) is 8.94. The second kappa shape index (κ2) is 9.93. The van der Waals surface area contributed by atoms with Crippen LogP contribution in [-0.4, -0.2) is 66.7 Å². The summed E-state index contributed by atoms with van der Waals surface area (Å²) >= 11 is 0. The minimum Gasteiger partial charge on any atom is -0.468 e. The summed E-state index contributed by atoms with van der Waals surface area (Å²) in [5.41, 5.74) is -1.17. The molecule has 0 aromatic rings. The van der Waals surface area contributed by atoms with Crippen LogP contribution in [0.5, 0.6) is 0 Å². The van der Waals surface area contributed by atoms with Gasteiger partial charge >= 0.3 is 12.1 Å². The number of rotatable bonds is 6. The standard InChI is InChI=1S/C20H35N3O6/c1-8-13-9-10-20(5,6)16(17(26)21-12-15(25)28-7)23(13)14(24)11-22-18(27)29-19(2,3)4/h13,16H,8-12H2,1-7H3,(H,21,26)(H,22,27)/t13-,16-/m1/s1. The van der Waals surface area contributed by atoms with Crippen LogP contribution in [-0.2, 0) is 23.9 Å². The van der Waals surface area contributed by atoms with Crippen LogP contribution in [0.25, 0.3) is 0 Å². The van der Waals surface area contributed by atoms with E-state index in [0.29, 0.717) is 6.42 Å². The van der Waals surface area contributed by atoms with Crippen LogP contribution in [0.1, 0.15) is 60.8 Å². The van der Waals surface area contributed by atoms with Crippen molar-refractivity contribution < 1.29 is 28.7 Å². The van der Waals surface area contributed by atoms with E-state index < -0.39 is 35.0 Å². The van der Waals surface area contributed by atoms with E-state index in [-0.39, 0.29) is 25.0 Å². The van der Waals surface area contributed by atoms with Gasteiger partial charge in [-0.1, -0.05) is 20.8 Å². The minimum absolute atomic E-state index is 0.134. The minimum atomic E-state index is -0.765. The first-order chi connectivity index (χ1) is 13.3. The number of hydrogen-bond acceptors (Lipinski definition) is 6. The number of hydrogen-bond donors (Lipinski definition) is 2. The van der Waals surface area contributed by atoms with Crippen molar-refractivity contribution in [3.05, 3.63) is 0 Å². The highest BCUT2D eigenvalue weighted by Crippen LogP contribution is 2.39. The van der Waals surface area contributed by atoms with Crippen LogP contribution >= 0.6 is 0 Å². The van der Waals surface area contributed by atoms with Gasteiger partial charge in [0.1, 0.15) is 24.7 Å². The molecule has 1 heterocycles. The topological polar surface area (TPSA) is 114 Å². The van der Waals surface area contributed by atoms with E-state index in [1.54, 1.807) is 25.7 Å². The van der Waals surface area contributed by atoms with Gasteiger partial charge in [-0.05, 0) is 45.4 Å². The molecule has 1 aliphatic heterocycles. The van der Waals surface area contributed by atoms with Gasteiger partial charge in [0, 0.05) is 6.04 Å². The number of ether oxygens (including phenoxy) is 2. The van der Waals surface area contributed by atoms with Gasteiger partial charge < -0.3 is 25.0 Å². The van der Waals surface area contributed by atoms with E-state index >= 15 is 0 Å². The van der Waals surface area contributed by atoms with E-state index in [1.807, 2.05) is 20.8 Å². The molecule has 1 saturated heterocycles. The summed E-state index contributed by atoms with van der Waals surface area (Å²) in [7, 11) is 1.24. The molecule has 9 nitrogen and oxygen atoms in total. The molecule has 0 radical (unpaired) electrons. The van der Waals surface area contributed by atoms with E-state index in [9.17, 15) is 19.2 Å². The molecule has 0 aromatic heterocycles. The Morgan fingerprint density at radius 1 is 1.10 bits per heavy atom. The number of nitrogens with zero attached hydrogens (tertiary/aromatic N) is 1. The normalized spacial score (nSPS) is 21.1. The van der Waals surface area contributed by atoms with Crippen molar-refractivity contribution in [3.63, 3.8) is 0 Å². The molecular formula is C20H35N3O6. The molecule has 0 bridgehead atoms. The summed E-state index contributed by atoms with van der Waals surface area (Å²) in [6, 6.07) is -0.899. The number of nitrogens with one attached hydrogen (secondary N) is 2. The molecule has 0 aromatic carbocycles. The van der Waals surface area contributed by atoms with Gasteiger partial charge in [-0.25, -0.2) is 4.79 Å². The smallest absolute Gasteiger partial charge is 0.408 e. The lowest BCUT2D eigenvalue weighted by Gasteiger charge is -2.49. The highest BCUT2D eigenvalue weighted by Gasteiger charge is 2.47. The van der Waals surface area contributed by atoms with Crippen molar-refractivity contribution in [1.29, 1.82) is 0 Å². The zero-order chi connectivity index (χ0) is 22.4.